The number of nitrogens with zero attached hydrogens (tertiary/aromatic N) is 1. The van der Waals surface area contributed by atoms with Gasteiger partial charge >= 0.3 is 0 Å². The molecule has 1 amide bonds. The fourth-order valence-electron chi connectivity index (χ4n) is 3.92. The van der Waals surface area contributed by atoms with Crippen molar-refractivity contribution in [3.8, 4) is 0 Å². The summed E-state index contributed by atoms with van der Waals surface area (Å²) in [4.78, 5) is 15.3. The molecule has 1 unspecified atom stereocenters. The third-order valence-electron chi connectivity index (χ3n) is 5.29. The molecule has 4 rings (SSSR count). The van der Waals surface area contributed by atoms with Crippen molar-refractivity contribution in [3.05, 3.63) is 77.4 Å². The van der Waals surface area contributed by atoms with Crippen LogP contribution in [0.15, 0.2) is 66.2 Å². The quantitative estimate of drug-likeness (QED) is 0.742. The lowest BCUT2D eigenvalue weighted by Crippen LogP contribution is -2.41. The molecule has 2 heteroatoms. The predicted molar refractivity (Wildman–Crippen MR) is 93.4 cm³/mol. The number of carbonyl (C=O) groups excluding carboxylic acids is 1. The van der Waals surface area contributed by atoms with Crippen LogP contribution in [0.25, 0.3) is 0 Å². The maximum Gasteiger partial charge on any atom is 0.238 e. The van der Waals surface area contributed by atoms with Gasteiger partial charge in [0, 0.05) is 5.69 Å². The molecular weight excluding hydrogens is 282 g/mol. The van der Waals surface area contributed by atoms with Gasteiger partial charge < -0.3 is 4.90 Å². The van der Waals surface area contributed by atoms with Crippen LogP contribution < -0.4 is 4.90 Å². The summed E-state index contributed by atoms with van der Waals surface area (Å²) in [5, 5.41) is 0. The Morgan fingerprint density at radius 3 is 2.52 bits per heavy atom. The van der Waals surface area contributed by atoms with Crippen LogP contribution in [0, 0.1) is 0 Å². The number of carbonyl (C=O) groups is 1. The van der Waals surface area contributed by atoms with Gasteiger partial charge in [-0.15, -0.1) is 0 Å². The van der Waals surface area contributed by atoms with Crippen molar-refractivity contribution in [3.63, 3.8) is 0 Å². The van der Waals surface area contributed by atoms with E-state index in [4.69, 9.17) is 0 Å². The number of anilines is 1. The van der Waals surface area contributed by atoms with Crippen molar-refractivity contribution < 1.29 is 4.79 Å². The zero-order chi connectivity index (χ0) is 15.9. The maximum absolute atomic E-state index is 13.3. The van der Waals surface area contributed by atoms with Crippen LogP contribution in [0.5, 0.6) is 0 Å². The van der Waals surface area contributed by atoms with Gasteiger partial charge in [0.25, 0.3) is 0 Å². The summed E-state index contributed by atoms with van der Waals surface area (Å²) >= 11 is 0. The molecule has 116 valence electrons. The zero-order valence-electron chi connectivity index (χ0n) is 13.5. The Morgan fingerprint density at radius 2 is 1.78 bits per heavy atom. The highest BCUT2D eigenvalue weighted by Gasteiger charge is 2.50. The van der Waals surface area contributed by atoms with Crippen LogP contribution in [0.1, 0.15) is 37.3 Å². The minimum atomic E-state index is -0.342. The molecule has 0 radical (unpaired) electrons. The van der Waals surface area contributed by atoms with Gasteiger partial charge in [-0.2, -0.15) is 0 Å². The minimum Gasteiger partial charge on any atom is -0.307 e. The van der Waals surface area contributed by atoms with E-state index in [0.29, 0.717) is 6.54 Å². The van der Waals surface area contributed by atoms with Crippen molar-refractivity contribution in [1.29, 1.82) is 0 Å². The maximum atomic E-state index is 13.3. The summed E-state index contributed by atoms with van der Waals surface area (Å²) in [5.41, 5.74) is 4.54. The Labute approximate surface area is 137 Å². The number of para-hydroxylation sites is 1. The van der Waals surface area contributed by atoms with Gasteiger partial charge in [0.05, 0.1) is 12.0 Å². The number of rotatable bonds is 2. The molecule has 2 nitrogen and oxygen atoms in total. The van der Waals surface area contributed by atoms with Crippen molar-refractivity contribution in [2.24, 2.45) is 0 Å². The molecule has 1 aliphatic heterocycles. The molecule has 23 heavy (non-hydrogen) atoms. The highest BCUT2D eigenvalue weighted by Crippen LogP contribution is 2.49. The number of fused-ring (bicyclic) bond motifs is 2. The molecular formula is C21H21NO. The second-order valence-electron chi connectivity index (χ2n) is 6.73. The van der Waals surface area contributed by atoms with Crippen molar-refractivity contribution in [2.45, 2.75) is 38.1 Å². The van der Waals surface area contributed by atoms with E-state index in [2.05, 4.69) is 43.3 Å². The fourth-order valence-corrected chi connectivity index (χ4v) is 3.92. The van der Waals surface area contributed by atoms with E-state index >= 15 is 0 Å². The van der Waals surface area contributed by atoms with Crippen LogP contribution in [0.3, 0.4) is 0 Å². The molecule has 0 bridgehead atoms. The van der Waals surface area contributed by atoms with E-state index in [1.54, 1.807) is 0 Å². The molecule has 2 aromatic rings. The summed E-state index contributed by atoms with van der Waals surface area (Å²) in [6.45, 7) is 2.82. The third-order valence-corrected chi connectivity index (χ3v) is 5.29. The molecule has 1 heterocycles. The molecule has 2 aromatic carbocycles. The lowest BCUT2D eigenvalue weighted by atomic mass is 9.71. The first-order valence-corrected chi connectivity index (χ1v) is 8.32. The number of amides is 1. The fraction of sp³-hybridized carbons (Fsp3) is 0.286. The average molecular weight is 303 g/mol. The third kappa shape index (κ3) is 2.21. The van der Waals surface area contributed by atoms with Crippen LogP contribution >= 0.6 is 0 Å². The summed E-state index contributed by atoms with van der Waals surface area (Å²) in [6, 6.07) is 18.6. The molecule has 2 aliphatic rings. The zero-order valence-corrected chi connectivity index (χ0v) is 13.5. The van der Waals surface area contributed by atoms with Crippen LogP contribution in [-0.4, -0.2) is 5.91 Å². The summed E-state index contributed by atoms with van der Waals surface area (Å²) in [5.74, 6) is 0.270. The van der Waals surface area contributed by atoms with Gasteiger partial charge in [-0.1, -0.05) is 60.2 Å². The first-order chi connectivity index (χ1) is 11.2. The number of hydrogen-bond donors (Lipinski definition) is 0. The van der Waals surface area contributed by atoms with E-state index < -0.39 is 0 Å². The largest absolute Gasteiger partial charge is 0.307 e. The minimum absolute atomic E-state index is 0.270. The molecule has 0 N–H and O–H groups in total. The highest BCUT2D eigenvalue weighted by molar-refractivity contribution is 6.08. The number of hydrogen-bond acceptors (Lipinski definition) is 1. The van der Waals surface area contributed by atoms with Gasteiger partial charge in [-0.05, 0) is 43.4 Å². The first-order valence-electron chi connectivity index (χ1n) is 8.32. The molecule has 1 atom stereocenters. The van der Waals surface area contributed by atoms with Crippen molar-refractivity contribution in [1.82, 2.24) is 0 Å². The Hall–Kier alpha value is -2.35. The van der Waals surface area contributed by atoms with Crippen LogP contribution in [0.2, 0.25) is 0 Å². The first kappa shape index (κ1) is 14.3. The Balaban J connectivity index is 1.76. The smallest absolute Gasteiger partial charge is 0.238 e. The van der Waals surface area contributed by atoms with E-state index in [9.17, 15) is 4.79 Å². The lowest BCUT2D eigenvalue weighted by molar-refractivity contribution is -0.123. The van der Waals surface area contributed by atoms with Gasteiger partial charge in [0.2, 0.25) is 5.91 Å². The van der Waals surface area contributed by atoms with Gasteiger partial charge in [-0.25, -0.2) is 0 Å². The second-order valence-corrected chi connectivity index (χ2v) is 6.73. The Bertz CT molecular complexity index is 777. The van der Waals surface area contributed by atoms with Crippen molar-refractivity contribution in [2.75, 3.05) is 4.90 Å². The number of allylic oxidation sites excluding steroid dienone is 2. The molecule has 0 fully saturated rings. The Kier molecular flexibility index (Phi) is 3.33. The summed E-state index contributed by atoms with van der Waals surface area (Å²) in [6.07, 6.45) is 5.03. The van der Waals surface area contributed by atoms with Gasteiger partial charge in [0.1, 0.15) is 0 Å². The molecule has 0 aromatic heterocycles. The lowest BCUT2D eigenvalue weighted by Gasteiger charge is -2.31. The van der Waals surface area contributed by atoms with E-state index in [-0.39, 0.29) is 11.3 Å². The topological polar surface area (TPSA) is 20.3 Å². The van der Waals surface area contributed by atoms with Gasteiger partial charge in [-0.3, -0.25) is 4.79 Å². The SMILES string of the molecule is CC1=CCC2(CC1)C(=O)N(Cc1ccccc1)c1ccccc12. The second kappa shape index (κ2) is 5.38. The van der Waals surface area contributed by atoms with E-state index in [0.717, 1.165) is 24.9 Å². The molecule has 0 saturated heterocycles. The molecule has 1 aliphatic carbocycles. The number of benzene rings is 2. The summed E-state index contributed by atoms with van der Waals surface area (Å²) < 4.78 is 0. The van der Waals surface area contributed by atoms with Crippen molar-refractivity contribution >= 4 is 11.6 Å². The predicted octanol–water partition coefficient (Wildman–Crippen LogP) is 4.60. The normalized spacial score (nSPS) is 23.1. The molecule has 0 saturated carbocycles. The highest BCUT2D eigenvalue weighted by atomic mass is 16.2. The van der Waals surface area contributed by atoms with Gasteiger partial charge in [0.15, 0.2) is 0 Å². The average Bonchev–Trinajstić information content (AvgIpc) is 2.82. The molecule has 1 spiro atoms. The van der Waals surface area contributed by atoms with E-state index in [1.165, 1.54) is 16.7 Å². The van der Waals surface area contributed by atoms with Crippen LogP contribution in [0.4, 0.5) is 5.69 Å². The van der Waals surface area contributed by atoms with Crippen LogP contribution in [-0.2, 0) is 16.8 Å². The summed E-state index contributed by atoms with van der Waals surface area (Å²) in [7, 11) is 0. The Morgan fingerprint density at radius 1 is 1.04 bits per heavy atom. The monoisotopic (exact) mass is 303 g/mol. The van der Waals surface area contributed by atoms with E-state index in [1.807, 2.05) is 29.2 Å². The standard InChI is InChI=1S/C21H21NO/c1-16-11-13-21(14-12-16)18-9-5-6-10-19(18)22(20(21)23)15-17-7-3-2-4-8-17/h2-11H,12-15H2,1H3.